The van der Waals surface area contributed by atoms with E-state index in [1.807, 2.05) is 12.1 Å². The number of halogens is 1. The molecule has 0 saturated heterocycles. The number of aliphatic hydroxyl groups is 1. The van der Waals surface area contributed by atoms with Crippen LogP contribution in [-0.2, 0) is 6.42 Å². The van der Waals surface area contributed by atoms with Crippen LogP contribution in [0, 0.1) is 5.82 Å². The highest BCUT2D eigenvalue weighted by molar-refractivity contribution is 5.30. The van der Waals surface area contributed by atoms with Gasteiger partial charge in [0, 0.05) is 18.8 Å². The number of rotatable bonds is 5. The highest BCUT2D eigenvalue weighted by Crippen LogP contribution is 2.22. The summed E-state index contributed by atoms with van der Waals surface area (Å²) in [5.41, 5.74) is 1.58. The number of ether oxygens (including phenoxy) is 1. The lowest BCUT2D eigenvalue weighted by Crippen LogP contribution is -2.03. The summed E-state index contributed by atoms with van der Waals surface area (Å²) in [5.74, 6) is -0.252. The molecule has 100 valence electrons. The Morgan fingerprint density at radius 2 is 2.21 bits per heavy atom. The number of aliphatic hydroxyl groups excluding tert-OH is 1. The van der Waals surface area contributed by atoms with E-state index in [9.17, 15) is 9.50 Å². The van der Waals surface area contributed by atoms with E-state index in [4.69, 9.17) is 4.74 Å². The minimum Gasteiger partial charge on any atom is -0.490 e. The maximum absolute atomic E-state index is 13.7. The van der Waals surface area contributed by atoms with Crippen LogP contribution in [0.4, 0.5) is 4.39 Å². The molecule has 0 bridgehead atoms. The van der Waals surface area contributed by atoms with E-state index in [0.717, 1.165) is 5.56 Å². The van der Waals surface area contributed by atoms with Crippen molar-refractivity contribution in [1.29, 1.82) is 0 Å². The number of aromatic nitrogens is 1. The number of pyridine rings is 1. The average Bonchev–Trinajstić information content (AvgIpc) is 2.41. The minimum absolute atomic E-state index is 0.202. The second-order valence-corrected chi connectivity index (χ2v) is 4.33. The maximum Gasteiger partial charge on any atom is 0.165 e. The first-order chi connectivity index (χ1) is 9.16. The van der Waals surface area contributed by atoms with Gasteiger partial charge in [-0.2, -0.15) is 0 Å². The van der Waals surface area contributed by atoms with Gasteiger partial charge >= 0.3 is 0 Å². The van der Waals surface area contributed by atoms with Gasteiger partial charge in [0.25, 0.3) is 0 Å². The summed E-state index contributed by atoms with van der Waals surface area (Å²) in [6.07, 6.45) is 3.46. The van der Waals surface area contributed by atoms with E-state index in [2.05, 4.69) is 4.98 Å². The van der Waals surface area contributed by atoms with Crippen molar-refractivity contribution in [2.75, 3.05) is 6.61 Å². The summed E-state index contributed by atoms with van der Waals surface area (Å²) in [4.78, 5) is 4.00. The van der Waals surface area contributed by atoms with Crippen LogP contribution < -0.4 is 4.74 Å². The fourth-order valence-electron chi connectivity index (χ4n) is 1.72. The largest absolute Gasteiger partial charge is 0.490 e. The van der Waals surface area contributed by atoms with Gasteiger partial charge in [-0.05, 0) is 36.2 Å². The summed E-state index contributed by atoms with van der Waals surface area (Å²) in [6, 6.07) is 8.30. The topological polar surface area (TPSA) is 42.4 Å². The SMILES string of the molecule is C[C@H](O)c1ccc(OCCc2cccnc2)c(F)c1. The second kappa shape index (κ2) is 6.29. The van der Waals surface area contributed by atoms with Crippen molar-refractivity contribution in [3.05, 3.63) is 59.7 Å². The fraction of sp³-hybridized carbons (Fsp3) is 0.267. The Hall–Kier alpha value is -1.94. The Morgan fingerprint density at radius 1 is 1.37 bits per heavy atom. The number of benzene rings is 1. The van der Waals surface area contributed by atoms with E-state index in [1.165, 1.54) is 6.07 Å². The number of hydrogen-bond donors (Lipinski definition) is 1. The molecule has 0 amide bonds. The van der Waals surface area contributed by atoms with Gasteiger partial charge in [-0.25, -0.2) is 4.39 Å². The molecule has 0 unspecified atom stereocenters. The Kier molecular flexibility index (Phi) is 4.47. The highest BCUT2D eigenvalue weighted by atomic mass is 19.1. The highest BCUT2D eigenvalue weighted by Gasteiger charge is 2.07. The predicted molar refractivity (Wildman–Crippen MR) is 70.5 cm³/mol. The van der Waals surface area contributed by atoms with E-state index < -0.39 is 11.9 Å². The van der Waals surface area contributed by atoms with Crippen molar-refractivity contribution in [2.24, 2.45) is 0 Å². The van der Waals surface area contributed by atoms with Gasteiger partial charge < -0.3 is 9.84 Å². The summed E-state index contributed by atoms with van der Waals surface area (Å²) >= 11 is 0. The molecule has 1 aromatic carbocycles. The van der Waals surface area contributed by atoms with Crippen LogP contribution in [0.2, 0.25) is 0 Å². The maximum atomic E-state index is 13.7. The molecule has 0 fully saturated rings. The molecule has 1 atom stereocenters. The average molecular weight is 261 g/mol. The molecule has 19 heavy (non-hydrogen) atoms. The summed E-state index contributed by atoms with van der Waals surface area (Å²) in [5, 5.41) is 9.35. The van der Waals surface area contributed by atoms with Crippen LogP contribution in [0.25, 0.3) is 0 Å². The molecule has 1 N–H and O–H groups in total. The normalized spacial score (nSPS) is 12.2. The summed E-state index contributed by atoms with van der Waals surface area (Å²) < 4.78 is 19.1. The standard InChI is InChI=1S/C15H16FNO2/c1-11(18)13-4-5-15(14(16)9-13)19-8-6-12-3-2-7-17-10-12/h2-5,7,9-11,18H,6,8H2,1H3/t11-/m0/s1. The molecule has 2 rings (SSSR count). The molecule has 4 heteroatoms. The van der Waals surface area contributed by atoms with Crippen molar-refractivity contribution in [2.45, 2.75) is 19.4 Å². The molecular formula is C15H16FNO2. The third-order valence-electron chi connectivity index (χ3n) is 2.81. The third kappa shape index (κ3) is 3.76. The Balaban J connectivity index is 1.93. The smallest absolute Gasteiger partial charge is 0.165 e. The first-order valence-electron chi connectivity index (χ1n) is 6.16. The Labute approximate surface area is 111 Å². The van der Waals surface area contributed by atoms with E-state index in [-0.39, 0.29) is 5.75 Å². The van der Waals surface area contributed by atoms with E-state index in [0.29, 0.717) is 18.6 Å². The zero-order chi connectivity index (χ0) is 13.7. The van der Waals surface area contributed by atoms with Crippen molar-refractivity contribution < 1.29 is 14.2 Å². The zero-order valence-corrected chi connectivity index (χ0v) is 10.7. The second-order valence-electron chi connectivity index (χ2n) is 4.33. The van der Waals surface area contributed by atoms with Gasteiger partial charge in [-0.15, -0.1) is 0 Å². The van der Waals surface area contributed by atoms with Crippen LogP contribution in [0.5, 0.6) is 5.75 Å². The first kappa shape index (κ1) is 13.5. The predicted octanol–water partition coefficient (Wildman–Crippen LogP) is 2.90. The van der Waals surface area contributed by atoms with Gasteiger partial charge in [-0.1, -0.05) is 12.1 Å². The first-order valence-corrected chi connectivity index (χ1v) is 6.16. The van der Waals surface area contributed by atoms with Gasteiger partial charge in [0.15, 0.2) is 11.6 Å². The molecule has 0 saturated carbocycles. The van der Waals surface area contributed by atoms with Crippen molar-refractivity contribution >= 4 is 0 Å². The van der Waals surface area contributed by atoms with Crippen LogP contribution in [0.1, 0.15) is 24.2 Å². The molecule has 0 aliphatic heterocycles. The quantitative estimate of drug-likeness (QED) is 0.899. The summed E-state index contributed by atoms with van der Waals surface area (Å²) in [6.45, 7) is 1.98. The minimum atomic E-state index is -0.682. The zero-order valence-electron chi connectivity index (χ0n) is 10.7. The monoisotopic (exact) mass is 261 g/mol. The molecule has 1 aromatic heterocycles. The summed E-state index contributed by atoms with van der Waals surface area (Å²) in [7, 11) is 0. The van der Waals surface area contributed by atoms with Gasteiger partial charge in [0.05, 0.1) is 12.7 Å². The Bertz CT molecular complexity index is 529. The van der Waals surface area contributed by atoms with Crippen LogP contribution in [-0.4, -0.2) is 16.7 Å². The van der Waals surface area contributed by atoms with Gasteiger partial charge in [0.2, 0.25) is 0 Å². The lowest BCUT2D eigenvalue weighted by Gasteiger charge is -2.10. The van der Waals surface area contributed by atoms with Crippen LogP contribution >= 0.6 is 0 Å². The molecular weight excluding hydrogens is 245 g/mol. The van der Waals surface area contributed by atoms with Gasteiger partial charge in [-0.3, -0.25) is 4.98 Å². The molecule has 0 aliphatic carbocycles. The van der Waals surface area contributed by atoms with Crippen molar-refractivity contribution in [3.63, 3.8) is 0 Å². The molecule has 0 spiro atoms. The molecule has 0 radical (unpaired) electrons. The Morgan fingerprint density at radius 3 is 2.84 bits per heavy atom. The lowest BCUT2D eigenvalue weighted by atomic mass is 10.1. The van der Waals surface area contributed by atoms with Crippen LogP contribution in [0.15, 0.2) is 42.7 Å². The van der Waals surface area contributed by atoms with Crippen molar-refractivity contribution in [1.82, 2.24) is 4.98 Å². The lowest BCUT2D eigenvalue weighted by molar-refractivity contribution is 0.198. The third-order valence-corrected chi connectivity index (χ3v) is 2.81. The van der Waals surface area contributed by atoms with E-state index >= 15 is 0 Å². The van der Waals surface area contributed by atoms with Crippen molar-refractivity contribution in [3.8, 4) is 5.75 Å². The number of hydrogen-bond acceptors (Lipinski definition) is 3. The number of nitrogens with zero attached hydrogens (tertiary/aromatic N) is 1. The van der Waals surface area contributed by atoms with Crippen LogP contribution in [0.3, 0.4) is 0 Å². The van der Waals surface area contributed by atoms with Gasteiger partial charge in [0.1, 0.15) is 0 Å². The van der Waals surface area contributed by atoms with E-state index in [1.54, 1.807) is 31.5 Å². The fourth-order valence-corrected chi connectivity index (χ4v) is 1.72. The molecule has 0 aliphatic rings. The molecule has 2 aromatic rings. The molecule has 1 heterocycles. The molecule has 3 nitrogen and oxygen atoms in total.